The van der Waals surface area contributed by atoms with Gasteiger partial charge in [-0.15, -0.1) is 0 Å². The normalized spacial score (nSPS) is 11.2. The van der Waals surface area contributed by atoms with Crippen LogP contribution < -0.4 is 4.74 Å². The highest BCUT2D eigenvalue weighted by atomic mass is 16.5. The first kappa shape index (κ1) is 18.7. The highest BCUT2D eigenvalue weighted by Crippen LogP contribution is 2.16. The van der Waals surface area contributed by atoms with Gasteiger partial charge < -0.3 is 13.7 Å². The summed E-state index contributed by atoms with van der Waals surface area (Å²) in [7, 11) is 0. The molecule has 4 rings (SSSR count). The molecular weight excluding hydrogens is 362 g/mol. The molecule has 0 aliphatic rings. The summed E-state index contributed by atoms with van der Waals surface area (Å²) in [6.45, 7) is 1.36. The minimum Gasteiger partial charge on any atom is -0.487 e. The molecular formula is C24H23N3O2. The van der Waals surface area contributed by atoms with Crippen LogP contribution in [0.2, 0.25) is 0 Å². The van der Waals surface area contributed by atoms with E-state index in [4.69, 9.17) is 9.15 Å². The lowest BCUT2D eigenvalue weighted by Gasteiger charge is -2.06. The van der Waals surface area contributed by atoms with E-state index in [9.17, 15) is 0 Å². The molecule has 0 aliphatic carbocycles. The number of aryl methyl sites for hydroxylation is 2. The van der Waals surface area contributed by atoms with E-state index in [1.165, 1.54) is 5.56 Å². The van der Waals surface area contributed by atoms with Crippen molar-refractivity contribution in [3.8, 4) is 5.75 Å². The van der Waals surface area contributed by atoms with Crippen LogP contribution in [0.4, 0.5) is 0 Å². The third-order valence-corrected chi connectivity index (χ3v) is 4.54. The largest absolute Gasteiger partial charge is 0.487 e. The van der Waals surface area contributed by atoms with Crippen LogP contribution in [0.15, 0.2) is 84.0 Å². The van der Waals surface area contributed by atoms with E-state index >= 15 is 0 Å². The van der Waals surface area contributed by atoms with Crippen LogP contribution >= 0.6 is 0 Å². The van der Waals surface area contributed by atoms with Gasteiger partial charge in [0.05, 0.1) is 6.33 Å². The van der Waals surface area contributed by atoms with E-state index in [1.54, 1.807) is 6.26 Å². The molecule has 0 radical (unpaired) electrons. The smallest absolute Gasteiger partial charge is 0.218 e. The van der Waals surface area contributed by atoms with Crippen LogP contribution in [0.3, 0.4) is 0 Å². The summed E-state index contributed by atoms with van der Waals surface area (Å²) >= 11 is 0. The summed E-state index contributed by atoms with van der Waals surface area (Å²) in [5.41, 5.74) is 3.17. The molecule has 2 aromatic heterocycles. The van der Waals surface area contributed by atoms with Crippen LogP contribution in [0.25, 0.3) is 12.2 Å². The number of nitrogens with zero attached hydrogens (tertiary/aromatic N) is 3. The van der Waals surface area contributed by atoms with Crippen molar-refractivity contribution in [2.45, 2.75) is 26.0 Å². The number of rotatable bonds is 9. The molecule has 0 spiro atoms. The maximum atomic E-state index is 5.83. The first-order valence-electron chi connectivity index (χ1n) is 9.70. The molecule has 0 atom stereocenters. The van der Waals surface area contributed by atoms with Crippen LogP contribution in [0, 0.1) is 0 Å². The van der Waals surface area contributed by atoms with Gasteiger partial charge >= 0.3 is 0 Å². The first-order valence-corrected chi connectivity index (χ1v) is 9.70. The van der Waals surface area contributed by atoms with Gasteiger partial charge in [0.15, 0.2) is 0 Å². The van der Waals surface area contributed by atoms with Crippen molar-refractivity contribution < 1.29 is 9.15 Å². The molecule has 2 heterocycles. The van der Waals surface area contributed by atoms with Gasteiger partial charge in [0.25, 0.3) is 0 Å². The predicted molar refractivity (Wildman–Crippen MR) is 113 cm³/mol. The van der Waals surface area contributed by atoms with E-state index in [0.29, 0.717) is 12.5 Å². The Balaban J connectivity index is 1.24. The van der Waals surface area contributed by atoms with Gasteiger partial charge in [0.1, 0.15) is 24.3 Å². The minimum atomic E-state index is 0.378. The molecule has 4 aromatic rings. The summed E-state index contributed by atoms with van der Waals surface area (Å²) in [4.78, 5) is 8.50. The van der Waals surface area contributed by atoms with Crippen LogP contribution in [-0.4, -0.2) is 14.5 Å². The average Bonchev–Trinajstić information content (AvgIpc) is 3.45. The number of hydrogen-bond acceptors (Lipinski definition) is 4. The molecule has 0 N–H and O–H groups in total. The van der Waals surface area contributed by atoms with Crippen molar-refractivity contribution >= 4 is 12.2 Å². The molecule has 29 heavy (non-hydrogen) atoms. The summed E-state index contributed by atoms with van der Waals surface area (Å²) in [6.07, 6.45) is 13.2. The van der Waals surface area contributed by atoms with Gasteiger partial charge in [0, 0.05) is 25.0 Å². The van der Waals surface area contributed by atoms with E-state index in [-0.39, 0.29) is 0 Å². The fourth-order valence-electron chi connectivity index (χ4n) is 2.99. The summed E-state index contributed by atoms with van der Waals surface area (Å²) in [6, 6.07) is 18.3. The lowest BCUT2D eigenvalue weighted by molar-refractivity contribution is 0.301. The number of oxazole rings is 1. The van der Waals surface area contributed by atoms with Crippen molar-refractivity contribution in [1.82, 2.24) is 14.5 Å². The van der Waals surface area contributed by atoms with Crippen LogP contribution in [0.1, 0.15) is 29.1 Å². The zero-order chi connectivity index (χ0) is 19.7. The summed E-state index contributed by atoms with van der Waals surface area (Å²) < 4.78 is 13.4. The zero-order valence-corrected chi connectivity index (χ0v) is 16.1. The summed E-state index contributed by atoms with van der Waals surface area (Å²) in [5, 5.41) is 0. The zero-order valence-electron chi connectivity index (χ0n) is 16.1. The molecule has 0 saturated carbocycles. The van der Waals surface area contributed by atoms with Gasteiger partial charge in [-0.3, -0.25) is 0 Å². The average molecular weight is 385 g/mol. The molecule has 0 fully saturated rings. The van der Waals surface area contributed by atoms with E-state index in [2.05, 4.69) is 26.7 Å². The number of aromatic nitrogens is 3. The monoisotopic (exact) mass is 385 g/mol. The topological polar surface area (TPSA) is 53.1 Å². The van der Waals surface area contributed by atoms with E-state index in [1.807, 2.05) is 73.3 Å². The van der Waals surface area contributed by atoms with Crippen molar-refractivity contribution in [2.75, 3.05) is 0 Å². The number of benzene rings is 2. The predicted octanol–water partition coefficient (Wildman–Crippen LogP) is 5.25. The Hall–Kier alpha value is -3.60. The molecule has 146 valence electrons. The Morgan fingerprint density at radius 1 is 1.00 bits per heavy atom. The number of hydrogen-bond donors (Lipinski definition) is 0. The van der Waals surface area contributed by atoms with Crippen molar-refractivity contribution in [3.63, 3.8) is 0 Å². The molecule has 0 amide bonds. The number of imidazole rings is 1. The molecule has 0 unspecified atom stereocenters. The maximum Gasteiger partial charge on any atom is 0.218 e. The van der Waals surface area contributed by atoms with Crippen LogP contribution in [0.5, 0.6) is 5.75 Å². The van der Waals surface area contributed by atoms with Gasteiger partial charge in [-0.25, -0.2) is 9.97 Å². The fourth-order valence-corrected chi connectivity index (χ4v) is 2.99. The first-order chi connectivity index (χ1) is 14.3. The van der Waals surface area contributed by atoms with E-state index in [0.717, 1.165) is 36.4 Å². The Morgan fingerprint density at radius 2 is 1.86 bits per heavy atom. The summed E-state index contributed by atoms with van der Waals surface area (Å²) in [5.74, 6) is 1.40. The lowest BCUT2D eigenvalue weighted by Crippen LogP contribution is -1.98. The standard InChI is InChI=1S/C24H23N3O2/c1-2-5-20(6-3-1)10-13-24-26-22(18-29-24)17-28-23-11-8-21(9-12-23)7-4-15-27-16-14-25-19-27/h1-3,5-6,8-14,16,18-19H,4,7,15,17H2. The minimum absolute atomic E-state index is 0.378. The molecule has 0 saturated heterocycles. The van der Waals surface area contributed by atoms with Gasteiger partial charge in [-0.05, 0) is 42.2 Å². The van der Waals surface area contributed by atoms with Crippen molar-refractivity contribution in [2.24, 2.45) is 0 Å². The molecule has 5 heteroatoms. The highest BCUT2D eigenvalue weighted by Gasteiger charge is 2.03. The van der Waals surface area contributed by atoms with Gasteiger partial charge in [0.2, 0.25) is 5.89 Å². The second-order valence-corrected chi connectivity index (χ2v) is 6.76. The number of ether oxygens (including phenoxy) is 1. The molecule has 2 aromatic carbocycles. The van der Waals surface area contributed by atoms with Crippen LogP contribution in [-0.2, 0) is 19.6 Å². The SMILES string of the molecule is C(=Cc1nc(COc2ccc(CCCn3ccnc3)cc2)co1)c1ccccc1. The Bertz CT molecular complexity index is 1020. The quantitative estimate of drug-likeness (QED) is 0.395. The third-order valence-electron chi connectivity index (χ3n) is 4.54. The Morgan fingerprint density at radius 3 is 2.66 bits per heavy atom. The van der Waals surface area contributed by atoms with Crippen molar-refractivity contribution in [1.29, 1.82) is 0 Å². The molecule has 0 aliphatic heterocycles. The molecule has 0 bridgehead atoms. The Kier molecular flexibility index (Phi) is 6.18. The van der Waals surface area contributed by atoms with Gasteiger partial charge in [-0.2, -0.15) is 0 Å². The second-order valence-electron chi connectivity index (χ2n) is 6.76. The van der Waals surface area contributed by atoms with Crippen molar-refractivity contribution in [3.05, 3.63) is 102 Å². The lowest BCUT2D eigenvalue weighted by atomic mass is 10.1. The fraction of sp³-hybridized carbons (Fsp3) is 0.167. The third kappa shape index (κ3) is 5.69. The molecule has 5 nitrogen and oxygen atoms in total. The van der Waals surface area contributed by atoms with E-state index < -0.39 is 0 Å². The second kappa shape index (κ2) is 9.55. The van der Waals surface area contributed by atoms with Gasteiger partial charge in [-0.1, -0.05) is 42.5 Å². The Labute approximate surface area is 170 Å². The highest BCUT2D eigenvalue weighted by molar-refractivity contribution is 5.65. The maximum absolute atomic E-state index is 5.83.